The molecule has 20 heavy (non-hydrogen) atoms. The molecule has 1 heterocycles. The summed E-state index contributed by atoms with van der Waals surface area (Å²) in [5, 5.41) is 7.91. The fraction of sp³-hybridized carbons (Fsp3) is 0.750. The number of rotatable bonds is 3. The molecule has 2 N–H and O–H groups in total. The van der Waals surface area contributed by atoms with Gasteiger partial charge in [-0.15, -0.1) is 5.10 Å². The molecule has 1 aromatic rings. The Kier molecular flexibility index (Phi) is 2.69. The zero-order chi connectivity index (χ0) is 13.7. The fourth-order valence-electron chi connectivity index (χ4n) is 5.29. The summed E-state index contributed by atoms with van der Waals surface area (Å²) in [6, 6.07) is 1.91. The maximum absolute atomic E-state index is 6.07. The Balaban J connectivity index is 1.50. The average Bonchev–Trinajstić information content (AvgIpc) is 2.38. The molecule has 4 heteroatoms. The van der Waals surface area contributed by atoms with Crippen LogP contribution in [0.25, 0.3) is 0 Å². The molecule has 0 aliphatic heterocycles. The van der Waals surface area contributed by atoms with E-state index in [9.17, 15) is 0 Å². The van der Waals surface area contributed by atoms with Crippen LogP contribution in [-0.2, 0) is 0 Å². The maximum atomic E-state index is 6.07. The second-order valence-electron chi connectivity index (χ2n) is 7.44. The van der Waals surface area contributed by atoms with Gasteiger partial charge in [-0.2, -0.15) is 5.10 Å². The summed E-state index contributed by atoms with van der Waals surface area (Å²) in [5.41, 5.74) is 7.14. The number of anilines is 1. The number of nitrogens with zero attached hydrogens (tertiary/aromatic N) is 2. The molecule has 4 aliphatic carbocycles. The van der Waals surface area contributed by atoms with Crippen LogP contribution in [0.3, 0.4) is 0 Å². The van der Waals surface area contributed by atoms with Gasteiger partial charge in [-0.05, 0) is 63.2 Å². The van der Waals surface area contributed by atoms with E-state index < -0.39 is 0 Å². The standard InChI is InChI=1S/C16H23N3O/c1-10-2-14(15(17)19-18-10)20-9-16-6-11-3-12(7-16)5-13(4-11)8-16/h2,11-13H,3-9H2,1H3,(H2,17,19). The smallest absolute Gasteiger partial charge is 0.188 e. The van der Waals surface area contributed by atoms with E-state index in [0.29, 0.717) is 17.0 Å². The molecule has 0 spiro atoms. The van der Waals surface area contributed by atoms with Gasteiger partial charge in [0.25, 0.3) is 0 Å². The number of hydrogen-bond acceptors (Lipinski definition) is 4. The van der Waals surface area contributed by atoms with E-state index in [4.69, 9.17) is 10.5 Å². The van der Waals surface area contributed by atoms with Crippen molar-refractivity contribution in [2.45, 2.75) is 45.4 Å². The molecule has 0 saturated heterocycles. The van der Waals surface area contributed by atoms with Crippen molar-refractivity contribution in [1.29, 1.82) is 0 Å². The Morgan fingerprint density at radius 2 is 1.75 bits per heavy atom. The van der Waals surface area contributed by atoms with Crippen molar-refractivity contribution in [3.8, 4) is 5.75 Å². The lowest BCUT2D eigenvalue weighted by molar-refractivity contribution is -0.0744. The molecule has 1 aromatic heterocycles. The molecule has 4 saturated carbocycles. The van der Waals surface area contributed by atoms with Crippen molar-refractivity contribution >= 4 is 5.82 Å². The van der Waals surface area contributed by atoms with Gasteiger partial charge in [0.1, 0.15) is 0 Å². The molecule has 0 atom stereocenters. The molecule has 0 unspecified atom stereocenters. The summed E-state index contributed by atoms with van der Waals surface area (Å²) in [5.74, 6) is 4.01. The van der Waals surface area contributed by atoms with Gasteiger partial charge in [-0.25, -0.2) is 0 Å². The minimum atomic E-state index is 0.415. The van der Waals surface area contributed by atoms with Crippen molar-refractivity contribution in [2.24, 2.45) is 23.2 Å². The Morgan fingerprint density at radius 1 is 1.15 bits per heavy atom. The van der Waals surface area contributed by atoms with Crippen LogP contribution in [0.15, 0.2) is 6.07 Å². The highest BCUT2D eigenvalue weighted by Crippen LogP contribution is 2.60. The molecule has 108 valence electrons. The first-order valence-corrected chi connectivity index (χ1v) is 7.84. The summed E-state index contributed by atoms with van der Waals surface area (Å²) in [4.78, 5) is 0. The second kappa shape index (κ2) is 4.34. The van der Waals surface area contributed by atoms with Gasteiger partial charge in [0.2, 0.25) is 0 Å². The van der Waals surface area contributed by atoms with Crippen LogP contribution in [0.4, 0.5) is 5.82 Å². The van der Waals surface area contributed by atoms with Crippen LogP contribution >= 0.6 is 0 Å². The van der Waals surface area contributed by atoms with Crippen LogP contribution in [0.2, 0.25) is 0 Å². The first-order valence-electron chi connectivity index (χ1n) is 7.84. The molecular weight excluding hydrogens is 250 g/mol. The summed E-state index contributed by atoms with van der Waals surface area (Å²) in [6.45, 7) is 2.73. The predicted octanol–water partition coefficient (Wildman–Crippen LogP) is 2.96. The van der Waals surface area contributed by atoms with Crippen LogP contribution in [0, 0.1) is 30.1 Å². The van der Waals surface area contributed by atoms with Crippen LogP contribution < -0.4 is 10.5 Å². The summed E-state index contributed by atoms with van der Waals surface area (Å²) < 4.78 is 6.07. The van der Waals surface area contributed by atoms with Gasteiger partial charge in [-0.3, -0.25) is 0 Å². The minimum absolute atomic E-state index is 0.415. The molecule has 4 fully saturated rings. The Labute approximate surface area is 120 Å². The third kappa shape index (κ3) is 2.05. The SMILES string of the molecule is Cc1cc(OCC23CC4CC(CC(C4)C2)C3)c(N)nn1. The Hall–Kier alpha value is -1.32. The molecule has 4 nitrogen and oxygen atoms in total. The molecule has 0 radical (unpaired) electrons. The van der Waals surface area contributed by atoms with Crippen LogP contribution in [-0.4, -0.2) is 16.8 Å². The number of aromatic nitrogens is 2. The van der Waals surface area contributed by atoms with Crippen LogP contribution in [0.5, 0.6) is 5.75 Å². The highest BCUT2D eigenvalue weighted by atomic mass is 16.5. The van der Waals surface area contributed by atoms with E-state index in [1.807, 2.05) is 13.0 Å². The molecular formula is C16H23N3O. The maximum Gasteiger partial charge on any atom is 0.188 e. The van der Waals surface area contributed by atoms with Gasteiger partial charge in [0, 0.05) is 11.5 Å². The van der Waals surface area contributed by atoms with E-state index in [2.05, 4.69) is 10.2 Å². The fourth-order valence-corrected chi connectivity index (χ4v) is 5.29. The zero-order valence-corrected chi connectivity index (χ0v) is 12.1. The summed E-state index contributed by atoms with van der Waals surface area (Å²) >= 11 is 0. The largest absolute Gasteiger partial charge is 0.489 e. The highest BCUT2D eigenvalue weighted by Gasteiger charge is 2.51. The molecule has 0 aromatic carbocycles. The van der Waals surface area contributed by atoms with Crippen molar-refractivity contribution in [2.75, 3.05) is 12.3 Å². The van der Waals surface area contributed by atoms with E-state index in [-0.39, 0.29) is 0 Å². The summed E-state index contributed by atoms with van der Waals surface area (Å²) in [6.07, 6.45) is 8.48. The highest BCUT2D eigenvalue weighted by molar-refractivity contribution is 5.44. The second-order valence-corrected chi connectivity index (χ2v) is 7.44. The molecule has 5 rings (SSSR count). The van der Waals surface area contributed by atoms with E-state index >= 15 is 0 Å². The third-order valence-corrected chi connectivity index (χ3v) is 5.61. The quantitative estimate of drug-likeness (QED) is 0.919. The van der Waals surface area contributed by atoms with Gasteiger partial charge < -0.3 is 10.5 Å². The normalized spacial score (nSPS) is 38.1. The number of aryl methyl sites for hydroxylation is 1. The van der Waals surface area contributed by atoms with Gasteiger partial charge in [-0.1, -0.05) is 0 Å². The third-order valence-electron chi connectivity index (χ3n) is 5.61. The van der Waals surface area contributed by atoms with E-state index in [0.717, 1.165) is 30.1 Å². The number of nitrogen functional groups attached to an aromatic ring is 1. The van der Waals surface area contributed by atoms with Gasteiger partial charge >= 0.3 is 0 Å². The summed E-state index contributed by atoms with van der Waals surface area (Å²) in [7, 11) is 0. The monoisotopic (exact) mass is 273 g/mol. The first kappa shape index (κ1) is 12.4. The molecule has 4 bridgehead atoms. The van der Waals surface area contributed by atoms with Gasteiger partial charge in [0.15, 0.2) is 11.6 Å². The molecule has 4 aliphatic rings. The Bertz CT molecular complexity index is 493. The first-order chi connectivity index (χ1) is 9.62. The zero-order valence-electron chi connectivity index (χ0n) is 12.1. The van der Waals surface area contributed by atoms with Crippen LogP contribution in [0.1, 0.15) is 44.2 Å². The average molecular weight is 273 g/mol. The van der Waals surface area contributed by atoms with Crippen molar-refractivity contribution in [3.63, 3.8) is 0 Å². The number of nitrogens with two attached hydrogens (primary N) is 1. The minimum Gasteiger partial charge on any atom is -0.489 e. The lowest BCUT2D eigenvalue weighted by Gasteiger charge is -2.56. The van der Waals surface area contributed by atoms with Crippen molar-refractivity contribution in [3.05, 3.63) is 11.8 Å². The lowest BCUT2D eigenvalue weighted by Crippen LogP contribution is -2.48. The van der Waals surface area contributed by atoms with E-state index in [1.165, 1.54) is 38.5 Å². The van der Waals surface area contributed by atoms with Gasteiger partial charge in [0.05, 0.1) is 12.3 Å². The van der Waals surface area contributed by atoms with Crippen molar-refractivity contribution < 1.29 is 4.74 Å². The predicted molar refractivity (Wildman–Crippen MR) is 77.3 cm³/mol. The Morgan fingerprint density at radius 3 is 2.35 bits per heavy atom. The number of hydrogen-bond donors (Lipinski definition) is 1. The topological polar surface area (TPSA) is 61.0 Å². The number of ether oxygens (including phenoxy) is 1. The van der Waals surface area contributed by atoms with Crippen molar-refractivity contribution in [1.82, 2.24) is 10.2 Å². The molecule has 0 amide bonds. The van der Waals surface area contributed by atoms with E-state index in [1.54, 1.807) is 0 Å². The lowest BCUT2D eigenvalue weighted by atomic mass is 9.50.